The van der Waals surface area contributed by atoms with Gasteiger partial charge in [-0.2, -0.15) is 0 Å². The van der Waals surface area contributed by atoms with Gasteiger partial charge in [0.1, 0.15) is 22.8 Å². The molecular weight excluding hydrogens is 612 g/mol. The summed E-state index contributed by atoms with van der Waals surface area (Å²) >= 11 is 0. The summed E-state index contributed by atoms with van der Waals surface area (Å²) in [5, 5.41) is 0.683. The summed E-state index contributed by atoms with van der Waals surface area (Å²) in [5.41, 5.74) is 4.35. The maximum Gasteiger partial charge on any atom is 0.265 e. The molecule has 250 valence electrons. The van der Waals surface area contributed by atoms with E-state index in [4.69, 9.17) is 13.8 Å². The van der Waals surface area contributed by atoms with Crippen LogP contribution in [0.4, 0.5) is 4.39 Å². The third-order valence-electron chi connectivity index (χ3n) is 10.4. The van der Waals surface area contributed by atoms with Gasteiger partial charge in [0.05, 0.1) is 11.1 Å². The monoisotopic (exact) mass is 664 g/mol. The van der Waals surface area contributed by atoms with Gasteiger partial charge in [0.2, 0.25) is 0 Å². The molecule has 4 rings (SSSR count). The van der Waals surface area contributed by atoms with Crippen molar-refractivity contribution in [1.82, 2.24) is 9.88 Å². The fourth-order valence-corrected chi connectivity index (χ4v) is 18.9. The molecule has 6 nitrogen and oxygen atoms in total. The van der Waals surface area contributed by atoms with E-state index >= 15 is 0 Å². The van der Waals surface area contributed by atoms with Gasteiger partial charge in [-0.25, -0.2) is 4.39 Å². The van der Waals surface area contributed by atoms with E-state index in [1.165, 1.54) is 24.1 Å². The smallest absolute Gasteiger partial charge is 0.265 e. The lowest BCUT2D eigenvalue weighted by Gasteiger charge is -2.44. The summed E-state index contributed by atoms with van der Waals surface area (Å²) in [4.78, 5) is 34.4. The average molecular weight is 665 g/mol. The normalized spacial score (nSPS) is 14.3. The van der Waals surface area contributed by atoms with Crippen molar-refractivity contribution < 1.29 is 22.8 Å². The number of aromatic nitrogens is 1. The number of amides is 2. The Morgan fingerprint density at radius 2 is 1.09 bits per heavy atom. The molecule has 3 aromatic rings. The molecule has 0 atom stereocenters. The molecule has 1 aromatic heterocycles. The maximum absolute atomic E-state index is 14.1. The van der Waals surface area contributed by atoms with Gasteiger partial charge in [0, 0.05) is 18.6 Å². The molecule has 1 aliphatic rings. The first-order valence-electron chi connectivity index (χ1n) is 16.8. The Labute approximate surface area is 277 Å². The Hall–Kier alpha value is -3.05. The fraction of sp³-hybridized carbons (Fsp3) is 0.541. The van der Waals surface area contributed by atoms with E-state index in [2.05, 4.69) is 83.1 Å². The van der Waals surface area contributed by atoms with Crippen molar-refractivity contribution in [3.8, 4) is 11.5 Å². The topological polar surface area (TPSA) is 68.7 Å². The number of nitrogens with zero attached hydrogens (tertiary/aromatic N) is 2. The van der Waals surface area contributed by atoms with Crippen LogP contribution in [-0.2, 0) is 6.42 Å². The van der Waals surface area contributed by atoms with Crippen LogP contribution in [0.25, 0.3) is 10.9 Å². The van der Waals surface area contributed by atoms with Gasteiger partial charge in [0.15, 0.2) is 0 Å². The zero-order valence-electron chi connectivity index (χ0n) is 30.0. The highest BCUT2D eigenvalue weighted by Gasteiger charge is 2.52. The Kier molecular flexibility index (Phi) is 10.3. The number of hydrogen-bond acceptors (Lipinski definition) is 5. The number of carbonyl (C=O) groups excluding carboxylic acids is 2. The van der Waals surface area contributed by atoms with Crippen molar-refractivity contribution in [3.63, 3.8) is 0 Å². The Morgan fingerprint density at radius 3 is 1.52 bits per heavy atom. The number of hydrogen-bond donors (Lipinski definition) is 0. The van der Waals surface area contributed by atoms with Gasteiger partial charge in [-0.05, 0) is 69.0 Å². The standard InChI is InChI=1S/C37H53FN2O4Si2/c1-21(2)45(22(3)4,23(5)6)43-34-30-19-28(18-27-14-16-29(38)17-15-27)20-39-33(30)35(32-31(34)36(41)40(13)37(32)42)44-46(24(7)8,25(9)10)26(11)12/h14-17,19-26H,18H2,1-13H3. The Morgan fingerprint density at radius 1 is 0.674 bits per heavy atom. The van der Waals surface area contributed by atoms with Crippen molar-refractivity contribution in [3.05, 3.63) is 64.6 Å². The van der Waals surface area contributed by atoms with Crippen molar-refractivity contribution in [1.29, 1.82) is 0 Å². The minimum atomic E-state index is -2.60. The quantitative estimate of drug-likeness (QED) is 0.142. The second-order valence-corrected chi connectivity index (χ2v) is 25.7. The molecule has 9 heteroatoms. The van der Waals surface area contributed by atoms with Gasteiger partial charge in [-0.3, -0.25) is 19.5 Å². The molecule has 2 amide bonds. The van der Waals surface area contributed by atoms with Gasteiger partial charge in [-0.1, -0.05) is 95.2 Å². The minimum absolute atomic E-state index is 0.234. The van der Waals surface area contributed by atoms with Crippen LogP contribution < -0.4 is 8.85 Å². The highest BCUT2D eigenvalue weighted by molar-refractivity contribution is 6.79. The number of benzene rings is 2. The molecule has 46 heavy (non-hydrogen) atoms. The first-order valence-corrected chi connectivity index (χ1v) is 21.1. The second-order valence-electron chi connectivity index (χ2n) is 15.0. The molecular formula is C37H53FN2O4Si2. The molecule has 0 bridgehead atoms. The predicted molar refractivity (Wildman–Crippen MR) is 191 cm³/mol. The number of rotatable bonds is 12. The van der Waals surface area contributed by atoms with Crippen molar-refractivity contribution in [2.24, 2.45) is 0 Å². The molecule has 0 N–H and O–H groups in total. The summed E-state index contributed by atoms with van der Waals surface area (Å²) in [6, 6.07) is 8.49. The number of carbonyl (C=O) groups is 2. The molecule has 0 aliphatic carbocycles. The lowest BCUT2D eigenvalue weighted by atomic mass is 9.99. The lowest BCUT2D eigenvalue weighted by Crippen LogP contribution is -2.51. The van der Waals surface area contributed by atoms with Gasteiger partial charge < -0.3 is 8.85 Å². The van der Waals surface area contributed by atoms with E-state index in [9.17, 15) is 14.0 Å². The summed E-state index contributed by atoms with van der Waals surface area (Å²) < 4.78 is 28.4. The van der Waals surface area contributed by atoms with Gasteiger partial charge in [-0.15, -0.1) is 0 Å². The highest BCUT2D eigenvalue weighted by atomic mass is 28.4. The van der Waals surface area contributed by atoms with E-state index < -0.39 is 16.6 Å². The Balaban J connectivity index is 2.15. The lowest BCUT2D eigenvalue weighted by molar-refractivity contribution is 0.0692. The van der Waals surface area contributed by atoms with E-state index in [0.717, 1.165) is 11.1 Å². The first-order chi connectivity index (χ1) is 21.4. The number of pyridine rings is 1. The van der Waals surface area contributed by atoms with Crippen LogP contribution in [0.3, 0.4) is 0 Å². The molecule has 0 radical (unpaired) electrons. The van der Waals surface area contributed by atoms with Crippen molar-refractivity contribution >= 4 is 39.4 Å². The van der Waals surface area contributed by atoms with E-state index in [0.29, 0.717) is 28.8 Å². The van der Waals surface area contributed by atoms with Gasteiger partial charge in [0.25, 0.3) is 28.4 Å². The molecule has 1 aliphatic heterocycles. The van der Waals surface area contributed by atoms with Crippen LogP contribution in [0.1, 0.15) is 115 Å². The number of halogens is 1. The van der Waals surface area contributed by atoms with Crippen LogP contribution in [0.5, 0.6) is 11.5 Å². The SMILES string of the molecule is CC(C)[Si](Oc1c2c(c(O[Si](C(C)C)(C(C)C)C(C)C)c3ncc(Cc4ccc(F)cc4)cc13)C(=O)N(C)C2=O)(C(C)C)C(C)C. The van der Waals surface area contributed by atoms with Crippen LogP contribution in [0, 0.1) is 5.82 Å². The highest BCUT2D eigenvalue weighted by Crippen LogP contribution is 2.52. The van der Waals surface area contributed by atoms with Crippen LogP contribution in [0.15, 0.2) is 36.5 Å². The number of fused-ring (bicyclic) bond motifs is 2. The predicted octanol–water partition coefficient (Wildman–Crippen LogP) is 10.3. The Bertz CT molecular complexity index is 1570. The van der Waals surface area contributed by atoms with E-state index in [1.54, 1.807) is 18.3 Å². The molecule has 0 unspecified atom stereocenters. The summed E-state index contributed by atoms with van der Waals surface area (Å²) in [6.07, 6.45) is 2.33. The van der Waals surface area contributed by atoms with E-state index in [-0.39, 0.29) is 62.0 Å². The third-order valence-corrected chi connectivity index (χ3v) is 22.4. The first kappa shape index (κ1) is 35.8. The van der Waals surface area contributed by atoms with Crippen LogP contribution in [0.2, 0.25) is 33.2 Å². The molecule has 2 aromatic carbocycles. The zero-order valence-corrected chi connectivity index (χ0v) is 32.0. The molecule has 0 spiro atoms. The summed E-state index contributed by atoms with van der Waals surface area (Å²) in [6.45, 7) is 26.4. The van der Waals surface area contributed by atoms with Crippen molar-refractivity contribution in [2.75, 3.05) is 7.05 Å². The summed E-state index contributed by atoms with van der Waals surface area (Å²) in [5.74, 6) is -0.199. The minimum Gasteiger partial charge on any atom is -0.542 e. The number of imide groups is 1. The maximum atomic E-state index is 14.1. The van der Waals surface area contributed by atoms with E-state index in [1.807, 2.05) is 6.07 Å². The zero-order chi connectivity index (χ0) is 34.5. The summed E-state index contributed by atoms with van der Waals surface area (Å²) in [7, 11) is -3.66. The molecule has 0 fully saturated rings. The molecule has 2 heterocycles. The van der Waals surface area contributed by atoms with Crippen molar-refractivity contribution in [2.45, 2.75) is 123 Å². The second kappa shape index (κ2) is 13.2. The fourth-order valence-electron chi connectivity index (χ4n) is 8.38. The molecule has 0 saturated carbocycles. The third kappa shape index (κ3) is 5.82. The van der Waals surface area contributed by atoms with Gasteiger partial charge >= 0.3 is 0 Å². The molecule has 0 saturated heterocycles. The largest absolute Gasteiger partial charge is 0.542 e. The average Bonchev–Trinajstić information content (AvgIpc) is 3.19. The van der Waals surface area contributed by atoms with Crippen LogP contribution >= 0.6 is 0 Å². The van der Waals surface area contributed by atoms with Crippen LogP contribution in [-0.4, -0.2) is 45.4 Å².